The van der Waals surface area contributed by atoms with Crippen molar-refractivity contribution >= 4 is 33.4 Å². The SMILES string of the molecule is CC(N)CCNS(=O)(=O)c1ccc2oc(=O)ccc2c1.Cl. The van der Waals surface area contributed by atoms with Crippen LogP contribution in [0.3, 0.4) is 0 Å². The minimum Gasteiger partial charge on any atom is -0.423 e. The second-order valence-corrected chi connectivity index (χ2v) is 6.38. The minimum absolute atomic E-state index is 0. The quantitative estimate of drug-likeness (QED) is 0.802. The van der Waals surface area contributed by atoms with E-state index >= 15 is 0 Å². The van der Waals surface area contributed by atoms with Gasteiger partial charge < -0.3 is 10.2 Å². The summed E-state index contributed by atoms with van der Waals surface area (Å²) < 4.78 is 31.6. The summed E-state index contributed by atoms with van der Waals surface area (Å²) in [6.45, 7) is 2.09. The van der Waals surface area contributed by atoms with Crippen LogP contribution in [-0.4, -0.2) is 21.0 Å². The van der Waals surface area contributed by atoms with Crippen LogP contribution in [0.25, 0.3) is 11.0 Å². The van der Waals surface area contributed by atoms with Crippen LogP contribution in [0.5, 0.6) is 0 Å². The van der Waals surface area contributed by atoms with Crippen molar-refractivity contribution in [1.82, 2.24) is 4.72 Å². The lowest BCUT2D eigenvalue weighted by Gasteiger charge is -2.08. The van der Waals surface area contributed by atoms with Crippen molar-refractivity contribution < 1.29 is 12.8 Å². The molecule has 0 bridgehead atoms. The third kappa shape index (κ3) is 4.53. The van der Waals surface area contributed by atoms with Crippen molar-refractivity contribution in [3.63, 3.8) is 0 Å². The minimum atomic E-state index is -3.58. The fourth-order valence-electron chi connectivity index (χ4n) is 1.72. The van der Waals surface area contributed by atoms with Crippen LogP contribution in [0.4, 0.5) is 0 Å². The van der Waals surface area contributed by atoms with Crippen molar-refractivity contribution in [2.24, 2.45) is 5.73 Å². The van der Waals surface area contributed by atoms with Crippen molar-refractivity contribution in [1.29, 1.82) is 0 Å². The predicted octanol–water partition coefficient (Wildman–Crippen LogP) is 1.23. The van der Waals surface area contributed by atoms with E-state index in [-0.39, 0.29) is 29.9 Å². The first kappa shape index (κ1) is 17.6. The lowest BCUT2D eigenvalue weighted by Crippen LogP contribution is -2.29. The van der Waals surface area contributed by atoms with Crippen LogP contribution in [0.15, 0.2) is 44.4 Å². The van der Waals surface area contributed by atoms with E-state index in [4.69, 9.17) is 10.2 Å². The molecular weight excluding hydrogens is 316 g/mol. The fourth-order valence-corrected chi connectivity index (χ4v) is 2.80. The number of hydrogen-bond donors (Lipinski definition) is 2. The van der Waals surface area contributed by atoms with Gasteiger partial charge in [0, 0.05) is 24.0 Å². The van der Waals surface area contributed by atoms with E-state index in [0.717, 1.165) is 0 Å². The Balaban J connectivity index is 0.00000220. The number of hydrogen-bond acceptors (Lipinski definition) is 5. The molecule has 1 atom stereocenters. The van der Waals surface area contributed by atoms with Crippen LogP contribution < -0.4 is 16.1 Å². The van der Waals surface area contributed by atoms with Crippen molar-refractivity contribution in [3.05, 3.63) is 40.8 Å². The van der Waals surface area contributed by atoms with Crippen LogP contribution in [0.2, 0.25) is 0 Å². The maximum absolute atomic E-state index is 12.1. The van der Waals surface area contributed by atoms with Gasteiger partial charge in [0.1, 0.15) is 5.58 Å². The fraction of sp³-hybridized carbons (Fsp3) is 0.308. The maximum atomic E-state index is 12.1. The summed E-state index contributed by atoms with van der Waals surface area (Å²) in [6, 6.07) is 7.05. The number of sulfonamides is 1. The molecule has 1 heterocycles. The van der Waals surface area contributed by atoms with E-state index in [1.165, 1.54) is 30.3 Å². The zero-order valence-corrected chi connectivity index (χ0v) is 13.0. The zero-order chi connectivity index (χ0) is 14.8. The first-order valence-corrected chi connectivity index (χ1v) is 7.66. The third-order valence-corrected chi connectivity index (χ3v) is 4.25. The van der Waals surface area contributed by atoms with Gasteiger partial charge in [-0.25, -0.2) is 17.9 Å². The Hall–Kier alpha value is -1.41. The first-order chi connectivity index (χ1) is 9.38. The summed E-state index contributed by atoms with van der Waals surface area (Å²) in [5.41, 5.74) is 5.46. The Bertz CT molecular complexity index is 771. The summed E-state index contributed by atoms with van der Waals surface area (Å²) >= 11 is 0. The van der Waals surface area contributed by atoms with Gasteiger partial charge in [-0.05, 0) is 37.6 Å². The van der Waals surface area contributed by atoms with Crippen LogP contribution in [-0.2, 0) is 10.0 Å². The van der Waals surface area contributed by atoms with Crippen molar-refractivity contribution in [3.8, 4) is 0 Å². The van der Waals surface area contributed by atoms with Crippen LogP contribution in [0, 0.1) is 0 Å². The smallest absolute Gasteiger partial charge is 0.336 e. The molecule has 2 rings (SSSR count). The zero-order valence-electron chi connectivity index (χ0n) is 11.4. The highest BCUT2D eigenvalue weighted by Crippen LogP contribution is 2.17. The van der Waals surface area contributed by atoms with Gasteiger partial charge in [-0.1, -0.05) is 0 Å². The molecule has 0 amide bonds. The number of nitrogens with one attached hydrogen (secondary N) is 1. The Kier molecular flexibility index (Phi) is 5.91. The number of fused-ring (bicyclic) bond motifs is 1. The summed E-state index contributed by atoms with van der Waals surface area (Å²) in [5.74, 6) is 0. The molecule has 1 unspecified atom stereocenters. The summed E-state index contributed by atoms with van der Waals surface area (Å²) in [5, 5.41) is 0.555. The van der Waals surface area contributed by atoms with Crippen molar-refractivity contribution in [2.45, 2.75) is 24.3 Å². The highest BCUT2D eigenvalue weighted by molar-refractivity contribution is 7.89. The molecule has 21 heavy (non-hydrogen) atoms. The van der Waals surface area contributed by atoms with Gasteiger partial charge in [0.2, 0.25) is 10.0 Å². The lowest BCUT2D eigenvalue weighted by molar-refractivity contribution is 0.560. The molecule has 0 fully saturated rings. The van der Waals surface area contributed by atoms with Gasteiger partial charge in [-0.3, -0.25) is 0 Å². The molecule has 0 saturated heterocycles. The van der Waals surface area contributed by atoms with E-state index in [0.29, 0.717) is 17.4 Å². The first-order valence-electron chi connectivity index (χ1n) is 6.18. The number of rotatable bonds is 5. The average Bonchev–Trinajstić information content (AvgIpc) is 2.37. The number of benzene rings is 1. The molecule has 0 aliphatic carbocycles. The van der Waals surface area contributed by atoms with E-state index in [9.17, 15) is 13.2 Å². The molecular formula is C13H17ClN2O4S. The highest BCUT2D eigenvalue weighted by atomic mass is 35.5. The van der Waals surface area contributed by atoms with Crippen molar-refractivity contribution in [2.75, 3.05) is 6.54 Å². The number of nitrogens with two attached hydrogens (primary N) is 1. The van der Waals surface area contributed by atoms with E-state index < -0.39 is 15.6 Å². The summed E-state index contributed by atoms with van der Waals surface area (Å²) in [7, 11) is -3.58. The third-order valence-electron chi connectivity index (χ3n) is 2.79. The Morgan fingerprint density at radius 3 is 2.67 bits per heavy atom. The molecule has 1 aromatic carbocycles. The van der Waals surface area contributed by atoms with E-state index in [1.807, 2.05) is 6.92 Å². The van der Waals surface area contributed by atoms with Gasteiger partial charge >= 0.3 is 5.63 Å². The van der Waals surface area contributed by atoms with Crippen LogP contribution in [0.1, 0.15) is 13.3 Å². The normalized spacial score (nSPS) is 12.9. The molecule has 6 nitrogen and oxygen atoms in total. The standard InChI is InChI=1S/C13H16N2O4S.ClH/c1-9(14)6-7-15-20(17,18)11-3-4-12-10(8-11)2-5-13(16)19-12;/h2-5,8-9,15H,6-7,14H2,1H3;1H. The van der Waals surface area contributed by atoms with Gasteiger partial charge in [0.15, 0.2) is 0 Å². The molecule has 0 aliphatic rings. The molecule has 3 N–H and O–H groups in total. The molecule has 0 aliphatic heterocycles. The van der Waals surface area contributed by atoms with Gasteiger partial charge in [0.25, 0.3) is 0 Å². The van der Waals surface area contributed by atoms with E-state index in [2.05, 4.69) is 4.72 Å². The van der Waals surface area contributed by atoms with Crippen LogP contribution >= 0.6 is 12.4 Å². The molecule has 0 spiro atoms. The second kappa shape index (κ2) is 7.04. The molecule has 1 aromatic heterocycles. The molecule has 116 valence electrons. The Labute approximate surface area is 128 Å². The van der Waals surface area contributed by atoms with Gasteiger partial charge in [0.05, 0.1) is 4.90 Å². The Morgan fingerprint density at radius 1 is 1.29 bits per heavy atom. The molecule has 0 saturated carbocycles. The second-order valence-electron chi connectivity index (χ2n) is 4.62. The molecule has 8 heteroatoms. The lowest BCUT2D eigenvalue weighted by atomic mass is 10.2. The number of halogens is 1. The summed E-state index contributed by atoms with van der Waals surface area (Å²) in [6.07, 6.45) is 0.557. The van der Waals surface area contributed by atoms with Gasteiger partial charge in [-0.2, -0.15) is 0 Å². The summed E-state index contributed by atoms with van der Waals surface area (Å²) in [4.78, 5) is 11.2. The molecule has 2 aromatic rings. The monoisotopic (exact) mass is 332 g/mol. The highest BCUT2D eigenvalue weighted by Gasteiger charge is 2.14. The average molecular weight is 333 g/mol. The molecule has 0 radical (unpaired) electrons. The van der Waals surface area contributed by atoms with Gasteiger partial charge in [-0.15, -0.1) is 12.4 Å². The van der Waals surface area contributed by atoms with E-state index in [1.54, 1.807) is 0 Å². The Morgan fingerprint density at radius 2 is 2.00 bits per heavy atom. The predicted molar refractivity (Wildman–Crippen MR) is 83.2 cm³/mol. The maximum Gasteiger partial charge on any atom is 0.336 e. The largest absolute Gasteiger partial charge is 0.423 e. The topological polar surface area (TPSA) is 102 Å².